The van der Waals surface area contributed by atoms with Crippen molar-refractivity contribution in [1.29, 1.82) is 0 Å². The second-order valence-electron chi connectivity index (χ2n) is 7.04. The van der Waals surface area contributed by atoms with Crippen LogP contribution in [0.15, 0.2) is 66.4 Å². The van der Waals surface area contributed by atoms with Crippen LogP contribution in [0, 0.1) is 6.92 Å². The Morgan fingerprint density at radius 2 is 1.81 bits per heavy atom. The van der Waals surface area contributed by atoms with Crippen LogP contribution in [0.1, 0.15) is 22.9 Å². The lowest BCUT2D eigenvalue weighted by Crippen LogP contribution is -2.30. The number of anilines is 1. The zero-order valence-electron chi connectivity index (χ0n) is 16.2. The first-order valence-electron chi connectivity index (χ1n) is 9.26. The van der Waals surface area contributed by atoms with Crippen molar-refractivity contribution in [1.82, 2.24) is 4.98 Å². The molecule has 1 aliphatic heterocycles. The highest BCUT2D eigenvalue weighted by molar-refractivity contribution is 6.52. The van der Waals surface area contributed by atoms with Crippen LogP contribution in [-0.4, -0.2) is 26.9 Å². The predicted octanol–water partition coefficient (Wildman–Crippen LogP) is 5.03. The van der Waals surface area contributed by atoms with Gasteiger partial charge in [0.05, 0.1) is 27.0 Å². The minimum absolute atomic E-state index is 0.144. The number of aliphatic hydroxyl groups is 1. The fraction of sp³-hybridized carbons (Fsp3) is 0.0870. The number of aromatic hydroxyl groups is 1. The van der Waals surface area contributed by atoms with Gasteiger partial charge in [-0.3, -0.25) is 19.5 Å². The van der Waals surface area contributed by atoms with E-state index >= 15 is 0 Å². The third kappa shape index (κ3) is 3.65. The number of rotatable bonds is 3. The van der Waals surface area contributed by atoms with E-state index in [4.69, 9.17) is 23.2 Å². The number of ketones is 1. The highest BCUT2D eigenvalue weighted by Gasteiger charge is 2.48. The number of aliphatic hydroxyl groups excluding tert-OH is 1. The maximum atomic E-state index is 13.1. The molecule has 3 aromatic rings. The summed E-state index contributed by atoms with van der Waals surface area (Å²) in [6.07, 6.45) is 1.52. The number of carbonyl (C=O) groups is 2. The van der Waals surface area contributed by atoms with Gasteiger partial charge in [-0.15, -0.1) is 0 Å². The van der Waals surface area contributed by atoms with E-state index in [0.29, 0.717) is 5.69 Å². The molecule has 0 bridgehead atoms. The molecule has 2 heterocycles. The van der Waals surface area contributed by atoms with E-state index in [1.165, 1.54) is 30.5 Å². The topological polar surface area (TPSA) is 90.7 Å². The van der Waals surface area contributed by atoms with Gasteiger partial charge in [0, 0.05) is 11.8 Å². The molecule has 1 unspecified atom stereocenters. The van der Waals surface area contributed by atoms with Gasteiger partial charge in [-0.05, 0) is 55.0 Å². The lowest BCUT2D eigenvalue weighted by Gasteiger charge is -2.25. The lowest BCUT2D eigenvalue weighted by atomic mass is 9.98. The summed E-state index contributed by atoms with van der Waals surface area (Å²) in [5, 5.41) is 21.9. The average Bonchev–Trinajstić information content (AvgIpc) is 3.02. The largest absolute Gasteiger partial charge is 0.507 e. The maximum Gasteiger partial charge on any atom is 0.300 e. The van der Waals surface area contributed by atoms with Crippen LogP contribution >= 0.6 is 23.2 Å². The number of phenolic OH excluding ortho intramolecular Hbond substituents is 1. The molecule has 1 aromatic heterocycles. The Labute approximate surface area is 188 Å². The maximum absolute atomic E-state index is 13.1. The minimum Gasteiger partial charge on any atom is -0.507 e. The first kappa shape index (κ1) is 20.9. The summed E-state index contributed by atoms with van der Waals surface area (Å²) in [6.45, 7) is 1.80. The van der Waals surface area contributed by atoms with Gasteiger partial charge in [-0.2, -0.15) is 0 Å². The standard InChI is InChI=1S/C23H16Cl2N2O4/c1-12-5-8-18(28)17(10-12)27-20(16-4-2-3-9-26-16)19(22(30)23(27)31)21(29)13-6-7-14(24)15(25)11-13/h2-11,20,28-29H,1H3/b21-19-. The zero-order chi connectivity index (χ0) is 22.3. The SMILES string of the molecule is Cc1ccc(O)c(N2C(=O)C(=O)/C(=C(\O)c3ccc(Cl)c(Cl)c3)C2c2ccccn2)c1. The van der Waals surface area contributed by atoms with Gasteiger partial charge in [0.15, 0.2) is 0 Å². The fourth-order valence-electron chi connectivity index (χ4n) is 3.52. The summed E-state index contributed by atoms with van der Waals surface area (Å²) in [5.74, 6) is -2.39. The van der Waals surface area contributed by atoms with Gasteiger partial charge in [0.25, 0.3) is 11.7 Å². The first-order valence-corrected chi connectivity index (χ1v) is 10.0. The highest BCUT2D eigenvalue weighted by Crippen LogP contribution is 2.44. The van der Waals surface area contributed by atoms with Crippen LogP contribution < -0.4 is 4.90 Å². The van der Waals surface area contributed by atoms with E-state index in [1.54, 1.807) is 37.3 Å². The van der Waals surface area contributed by atoms with Crippen molar-refractivity contribution in [2.45, 2.75) is 13.0 Å². The van der Waals surface area contributed by atoms with Crippen LogP contribution in [0.4, 0.5) is 5.69 Å². The first-order chi connectivity index (χ1) is 14.8. The van der Waals surface area contributed by atoms with Crippen LogP contribution in [0.25, 0.3) is 5.76 Å². The number of Topliss-reactive ketones (excluding diaryl/α,β-unsaturated/α-hetero) is 1. The molecule has 1 fully saturated rings. The Kier molecular flexibility index (Phi) is 5.43. The van der Waals surface area contributed by atoms with Crippen molar-refractivity contribution >= 4 is 46.3 Å². The van der Waals surface area contributed by atoms with Gasteiger partial charge in [-0.25, -0.2) is 0 Å². The molecular weight excluding hydrogens is 439 g/mol. The lowest BCUT2D eigenvalue weighted by molar-refractivity contribution is -0.132. The summed E-state index contributed by atoms with van der Waals surface area (Å²) >= 11 is 12.0. The Balaban J connectivity index is 1.98. The van der Waals surface area contributed by atoms with Gasteiger partial charge in [0.1, 0.15) is 17.6 Å². The number of pyridine rings is 1. The van der Waals surface area contributed by atoms with Crippen molar-refractivity contribution in [2.24, 2.45) is 0 Å². The number of halogens is 2. The Morgan fingerprint density at radius 1 is 1.03 bits per heavy atom. The number of benzene rings is 2. The van der Waals surface area contributed by atoms with Gasteiger partial charge >= 0.3 is 0 Å². The second kappa shape index (κ2) is 8.06. The van der Waals surface area contributed by atoms with Crippen molar-refractivity contribution in [3.63, 3.8) is 0 Å². The van der Waals surface area contributed by atoms with Crippen LogP contribution in [0.5, 0.6) is 5.75 Å². The van der Waals surface area contributed by atoms with Crippen molar-refractivity contribution in [3.05, 3.63) is 93.2 Å². The number of hydrogen-bond acceptors (Lipinski definition) is 5. The molecule has 0 aliphatic carbocycles. The summed E-state index contributed by atoms with van der Waals surface area (Å²) in [6, 6.07) is 13.1. The van der Waals surface area contributed by atoms with Crippen molar-refractivity contribution < 1.29 is 19.8 Å². The fourth-order valence-corrected chi connectivity index (χ4v) is 3.82. The van der Waals surface area contributed by atoms with E-state index < -0.39 is 23.5 Å². The Morgan fingerprint density at radius 3 is 2.48 bits per heavy atom. The molecule has 156 valence electrons. The van der Waals surface area contributed by atoms with Crippen LogP contribution in [0.2, 0.25) is 10.0 Å². The number of nitrogens with zero attached hydrogens (tertiary/aromatic N) is 2. The molecule has 8 heteroatoms. The Hall–Kier alpha value is -3.35. The molecule has 0 radical (unpaired) electrons. The zero-order valence-corrected chi connectivity index (χ0v) is 17.7. The quantitative estimate of drug-likeness (QED) is 0.329. The molecule has 1 aliphatic rings. The molecule has 1 saturated heterocycles. The third-order valence-corrected chi connectivity index (χ3v) is 5.73. The molecule has 2 N–H and O–H groups in total. The number of carbonyl (C=O) groups excluding carboxylic acids is 2. The summed E-state index contributed by atoms with van der Waals surface area (Å²) in [7, 11) is 0. The van der Waals surface area contributed by atoms with Crippen LogP contribution in [0.3, 0.4) is 0 Å². The van der Waals surface area contributed by atoms with Gasteiger partial charge in [-0.1, -0.05) is 35.3 Å². The predicted molar refractivity (Wildman–Crippen MR) is 118 cm³/mol. The molecule has 4 rings (SSSR count). The summed E-state index contributed by atoms with van der Waals surface area (Å²) in [5.41, 5.74) is 1.33. The number of aryl methyl sites for hydroxylation is 1. The normalized spacial score (nSPS) is 17.9. The third-order valence-electron chi connectivity index (χ3n) is 5.00. The van der Waals surface area contributed by atoms with E-state index in [-0.39, 0.29) is 32.6 Å². The van der Waals surface area contributed by atoms with Crippen molar-refractivity contribution in [2.75, 3.05) is 4.90 Å². The molecule has 2 aromatic carbocycles. The highest BCUT2D eigenvalue weighted by atomic mass is 35.5. The van der Waals surface area contributed by atoms with Crippen LogP contribution in [-0.2, 0) is 9.59 Å². The average molecular weight is 455 g/mol. The monoisotopic (exact) mass is 454 g/mol. The molecule has 6 nitrogen and oxygen atoms in total. The number of aromatic nitrogens is 1. The van der Waals surface area contributed by atoms with E-state index in [2.05, 4.69) is 4.98 Å². The molecule has 0 saturated carbocycles. The minimum atomic E-state index is -1.05. The molecule has 1 atom stereocenters. The van der Waals surface area contributed by atoms with E-state index in [9.17, 15) is 19.8 Å². The number of phenols is 1. The molecule has 31 heavy (non-hydrogen) atoms. The molecule has 1 amide bonds. The molecule has 0 spiro atoms. The smallest absolute Gasteiger partial charge is 0.300 e. The van der Waals surface area contributed by atoms with Gasteiger partial charge in [0.2, 0.25) is 0 Å². The number of amides is 1. The summed E-state index contributed by atoms with van der Waals surface area (Å²) < 4.78 is 0. The van der Waals surface area contributed by atoms with E-state index in [0.717, 1.165) is 10.5 Å². The van der Waals surface area contributed by atoms with Crippen molar-refractivity contribution in [3.8, 4) is 5.75 Å². The second-order valence-corrected chi connectivity index (χ2v) is 7.86. The Bertz CT molecular complexity index is 1240. The number of hydrogen-bond donors (Lipinski definition) is 2. The summed E-state index contributed by atoms with van der Waals surface area (Å²) in [4.78, 5) is 31.6. The molecular formula is C23H16Cl2N2O4. The van der Waals surface area contributed by atoms with E-state index in [1.807, 2.05) is 0 Å². The van der Waals surface area contributed by atoms with Gasteiger partial charge < -0.3 is 10.2 Å².